The quantitative estimate of drug-likeness (QED) is 0.0261. The molecule has 0 spiro atoms. The maximum absolute atomic E-state index is 12.8. The molecule has 69 heavy (non-hydrogen) atoms. The van der Waals surface area contributed by atoms with Gasteiger partial charge in [-0.3, -0.25) is 14.4 Å². The molecule has 6 heteroatoms. The molecule has 1 atom stereocenters. The monoisotopic (exact) mass is 971 g/mol. The lowest BCUT2D eigenvalue weighted by molar-refractivity contribution is -0.167. The summed E-state index contributed by atoms with van der Waals surface area (Å²) >= 11 is 0. The second-order valence-electron chi connectivity index (χ2n) is 21.0. The third kappa shape index (κ3) is 56.7. The van der Waals surface area contributed by atoms with Crippen molar-refractivity contribution in [2.45, 2.75) is 348 Å². The fraction of sp³-hybridized carbons (Fsp3) is 0.889. The van der Waals surface area contributed by atoms with Gasteiger partial charge in [0.2, 0.25) is 0 Å². The highest BCUT2D eigenvalue weighted by atomic mass is 16.6. The van der Waals surface area contributed by atoms with Crippen LogP contribution in [0.25, 0.3) is 0 Å². The Bertz CT molecular complexity index is 1110. The van der Waals surface area contributed by atoms with E-state index in [0.717, 1.165) is 89.9 Å². The van der Waals surface area contributed by atoms with Crippen molar-refractivity contribution >= 4 is 17.9 Å². The first-order valence-electron chi connectivity index (χ1n) is 30.8. The van der Waals surface area contributed by atoms with Crippen LogP contribution in [-0.4, -0.2) is 37.2 Å². The van der Waals surface area contributed by atoms with E-state index in [-0.39, 0.29) is 31.1 Å². The summed E-state index contributed by atoms with van der Waals surface area (Å²) in [6.45, 7) is 6.60. The van der Waals surface area contributed by atoms with Crippen LogP contribution in [0, 0.1) is 0 Å². The van der Waals surface area contributed by atoms with Crippen LogP contribution in [-0.2, 0) is 28.6 Å². The van der Waals surface area contributed by atoms with E-state index in [1.54, 1.807) is 0 Å². The summed E-state index contributed by atoms with van der Waals surface area (Å²) in [4.78, 5) is 38.0. The number of carbonyl (C=O) groups is 3. The van der Waals surface area contributed by atoms with Crippen molar-refractivity contribution in [1.82, 2.24) is 0 Å². The number of unbranched alkanes of at least 4 members (excludes halogenated alkanes) is 42. The summed E-state index contributed by atoms with van der Waals surface area (Å²) in [5.41, 5.74) is 0. The third-order valence-electron chi connectivity index (χ3n) is 13.9. The van der Waals surface area contributed by atoms with Crippen LogP contribution in [0.2, 0.25) is 0 Å². The Morgan fingerprint density at radius 1 is 0.290 bits per heavy atom. The van der Waals surface area contributed by atoms with E-state index >= 15 is 0 Å². The van der Waals surface area contributed by atoms with Crippen molar-refractivity contribution < 1.29 is 28.6 Å². The van der Waals surface area contributed by atoms with Crippen molar-refractivity contribution in [3.05, 3.63) is 24.3 Å². The van der Waals surface area contributed by atoms with Crippen LogP contribution < -0.4 is 0 Å². The van der Waals surface area contributed by atoms with Crippen LogP contribution in [0.1, 0.15) is 342 Å². The fourth-order valence-electron chi connectivity index (χ4n) is 9.31. The summed E-state index contributed by atoms with van der Waals surface area (Å²) in [6, 6.07) is 0. The van der Waals surface area contributed by atoms with E-state index in [2.05, 4.69) is 45.1 Å². The van der Waals surface area contributed by atoms with Gasteiger partial charge in [0.1, 0.15) is 13.2 Å². The number of esters is 3. The highest BCUT2D eigenvalue weighted by Gasteiger charge is 2.19. The van der Waals surface area contributed by atoms with Crippen molar-refractivity contribution in [2.24, 2.45) is 0 Å². The van der Waals surface area contributed by atoms with Crippen LogP contribution >= 0.6 is 0 Å². The van der Waals surface area contributed by atoms with E-state index in [0.29, 0.717) is 19.3 Å². The largest absolute Gasteiger partial charge is 0.462 e. The van der Waals surface area contributed by atoms with Gasteiger partial charge in [-0.25, -0.2) is 0 Å². The molecule has 6 nitrogen and oxygen atoms in total. The topological polar surface area (TPSA) is 78.9 Å². The van der Waals surface area contributed by atoms with Crippen molar-refractivity contribution in [3.63, 3.8) is 0 Å². The molecule has 0 N–H and O–H groups in total. The number of allylic oxidation sites excluding steroid dienone is 4. The van der Waals surface area contributed by atoms with Crippen molar-refractivity contribution in [1.29, 1.82) is 0 Å². The van der Waals surface area contributed by atoms with E-state index in [1.807, 2.05) is 0 Å². The molecular weight excluding hydrogens is 853 g/mol. The smallest absolute Gasteiger partial charge is 0.306 e. The normalized spacial score (nSPS) is 12.1. The Kier molecular flexibility index (Phi) is 56.7. The summed E-state index contributed by atoms with van der Waals surface area (Å²) in [6.07, 6.45) is 69.2. The molecule has 0 amide bonds. The molecule has 0 aromatic rings. The molecule has 0 bridgehead atoms. The van der Waals surface area contributed by atoms with Crippen molar-refractivity contribution in [3.8, 4) is 0 Å². The van der Waals surface area contributed by atoms with Gasteiger partial charge in [-0.1, -0.05) is 302 Å². The second kappa shape index (κ2) is 58.5. The average molecular weight is 972 g/mol. The average Bonchev–Trinajstić information content (AvgIpc) is 3.35. The zero-order valence-electron chi connectivity index (χ0n) is 46.6. The number of ether oxygens (including phenoxy) is 3. The van der Waals surface area contributed by atoms with Gasteiger partial charge < -0.3 is 14.2 Å². The molecular formula is C63H118O6. The minimum Gasteiger partial charge on any atom is -0.462 e. The van der Waals surface area contributed by atoms with Gasteiger partial charge in [-0.05, 0) is 44.9 Å². The summed E-state index contributed by atoms with van der Waals surface area (Å²) in [5, 5.41) is 0. The van der Waals surface area contributed by atoms with Crippen LogP contribution in [0.4, 0.5) is 0 Å². The number of hydrogen-bond donors (Lipinski definition) is 0. The predicted molar refractivity (Wildman–Crippen MR) is 298 cm³/mol. The van der Waals surface area contributed by atoms with Crippen molar-refractivity contribution in [2.75, 3.05) is 13.2 Å². The Morgan fingerprint density at radius 2 is 0.551 bits per heavy atom. The summed E-state index contributed by atoms with van der Waals surface area (Å²) < 4.78 is 16.8. The Balaban J connectivity index is 4.07. The van der Waals surface area contributed by atoms with E-state index < -0.39 is 6.10 Å². The van der Waals surface area contributed by atoms with E-state index in [9.17, 15) is 14.4 Å². The lowest BCUT2D eigenvalue weighted by Gasteiger charge is -2.18. The lowest BCUT2D eigenvalue weighted by atomic mass is 10.0. The maximum Gasteiger partial charge on any atom is 0.306 e. The van der Waals surface area contributed by atoms with Gasteiger partial charge >= 0.3 is 17.9 Å². The highest BCUT2D eigenvalue weighted by Crippen LogP contribution is 2.18. The van der Waals surface area contributed by atoms with Gasteiger partial charge in [-0.2, -0.15) is 0 Å². The molecule has 406 valence electrons. The molecule has 0 saturated heterocycles. The Labute approximate surface area is 430 Å². The first-order valence-corrected chi connectivity index (χ1v) is 30.8. The van der Waals surface area contributed by atoms with E-state index in [4.69, 9.17) is 14.2 Å². The zero-order chi connectivity index (χ0) is 50.0. The first kappa shape index (κ1) is 66.9. The zero-order valence-corrected chi connectivity index (χ0v) is 46.6. The Hall–Kier alpha value is -2.11. The van der Waals surface area contributed by atoms with Gasteiger partial charge in [0.05, 0.1) is 0 Å². The van der Waals surface area contributed by atoms with Gasteiger partial charge in [0.15, 0.2) is 6.10 Å². The van der Waals surface area contributed by atoms with E-state index in [1.165, 1.54) is 212 Å². The molecule has 0 aromatic heterocycles. The molecule has 0 rings (SSSR count). The third-order valence-corrected chi connectivity index (χ3v) is 13.9. The van der Waals surface area contributed by atoms with Gasteiger partial charge in [-0.15, -0.1) is 0 Å². The lowest BCUT2D eigenvalue weighted by Crippen LogP contribution is -2.30. The standard InChI is InChI=1S/C63H118O6/c1-4-7-10-13-16-19-22-24-25-26-27-28-29-30-31-32-33-34-35-36-37-38-40-41-44-47-50-53-56-62(65)68-59-60(58-67-61(64)55-52-49-46-43-21-18-15-12-9-6-3)69-63(66)57-54-51-48-45-42-39-23-20-17-14-11-8-5-2/h11,14,20,23,60H,4-10,12-13,15-19,21-22,24-59H2,1-3H3/b14-11-,23-20-. The molecule has 0 aromatic carbocycles. The number of rotatable bonds is 57. The van der Waals surface area contributed by atoms with Gasteiger partial charge in [0.25, 0.3) is 0 Å². The molecule has 0 heterocycles. The first-order chi connectivity index (χ1) is 34.0. The summed E-state index contributed by atoms with van der Waals surface area (Å²) in [7, 11) is 0. The highest BCUT2D eigenvalue weighted by molar-refractivity contribution is 5.71. The SMILES string of the molecule is CCC/C=C\C/C=C\CCCCCCCC(=O)OC(COC(=O)CCCCCCCCCCCC)COC(=O)CCCCCCCCCCCCCCCCCCCCCCCCCCCCCC. The molecule has 1 unspecified atom stereocenters. The minimum absolute atomic E-state index is 0.0719. The van der Waals surface area contributed by atoms with Crippen LogP contribution in [0.3, 0.4) is 0 Å². The van der Waals surface area contributed by atoms with Crippen LogP contribution in [0.5, 0.6) is 0 Å². The molecule has 0 fully saturated rings. The Morgan fingerprint density at radius 3 is 0.855 bits per heavy atom. The second-order valence-corrected chi connectivity index (χ2v) is 21.0. The fourth-order valence-corrected chi connectivity index (χ4v) is 9.31. The summed E-state index contributed by atoms with van der Waals surface area (Å²) in [5.74, 6) is -0.868. The maximum atomic E-state index is 12.8. The minimum atomic E-state index is -0.773. The molecule has 0 aliphatic heterocycles. The number of carbonyl (C=O) groups excluding carboxylic acids is 3. The number of hydrogen-bond acceptors (Lipinski definition) is 6. The molecule has 0 radical (unpaired) electrons. The molecule has 0 aliphatic carbocycles. The molecule has 0 aliphatic rings. The van der Waals surface area contributed by atoms with Crippen LogP contribution in [0.15, 0.2) is 24.3 Å². The predicted octanol–water partition coefficient (Wildman–Crippen LogP) is 20.7. The molecule has 0 saturated carbocycles. The van der Waals surface area contributed by atoms with Gasteiger partial charge in [0, 0.05) is 19.3 Å².